The molecule has 2 heterocycles. The lowest BCUT2D eigenvalue weighted by Crippen LogP contribution is -1.98. The molecule has 0 aromatic carbocycles. The fourth-order valence-electron chi connectivity index (χ4n) is 0.885. The highest BCUT2D eigenvalue weighted by molar-refractivity contribution is 5.28. The van der Waals surface area contributed by atoms with Crippen LogP contribution in [-0.4, -0.2) is 19.7 Å². The third-order valence-corrected chi connectivity index (χ3v) is 1.41. The van der Waals surface area contributed by atoms with Crippen molar-refractivity contribution in [3.63, 3.8) is 0 Å². The van der Waals surface area contributed by atoms with Crippen molar-refractivity contribution in [1.29, 1.82) is 0 Å². The van der Waals surface area contributed by atoms with Gasteiger partial charge in [-0.05, 0) is 0 Å². The van der Waals surface area contributed by atoms with Crippen molar-refractivity contribution in [2.24, 2.45) is 0 Å². The van der Waals surface area contributed by atoms with E-state index in [4.69, 9.17) is 5.73 Å². The van der Waals surface area contributed by atoms with Crippen LogP contribution >= 0.6 is 0 Å². The van der Waals surface area contributed by atoms with E-state index in [1.807, 2.05) is 0 Å². The van der Waals surface area contributed by atoms with Crippen LogP contribution in [0.15, 0.2) is 30.9 Å². The first-order valence-electron chi connectivity index (χ1n) is 3.44. The van der Waals surface area contributed by atoms with Gasteiger partial charge in [-0.1, -0.05) is 0 Å². The minimum atomic E-state index is 0.480. The molecule has 0 spiro atoms. The SMILES string of the molecule is Nc1ccn(-c2ccncn2)n1. The molecule has 2 N–H and O–H groups in total. The van der Waals surface area contributed by atoms with Crippen molar-refractivity contribution < 1.29 is 0 Å². The van der Waals surface area contributed by atoms with Crippen LogP contribution in [0.1, 0.15) is 0 Å². The molecule has 0 aliphatic heterocycles. The van der Waals surface area contributed by atoms with Gasteiger partial charge in [0.05, 0.1) is 0 Å². The first kappa shape index (κ1) is 6.78. The number of anilines is 1. The highest BCUT2D eigenvalue weighted by Gasteiger charge is 1.96. The highest BCUT2D eigenvalue weighted by atomic mass is 15.3. The fourth-order valence-corrected chi connectivity index (χ4v) is 0.885. The molecular formula is C7H7N5. The molecule has 5 nitrogen and oxygen atoms in total. The predicted octanol–water partition coefficient (Wildman–Crippen LogP) is 0.244. The number of nitrogens with two attached hydrogens (primary N) is 1. The summed E-state index contributed by atoms with van der Waals surface area (Å²) in [6.07, 6.45) is 4.87. The molecule has 2 rings (SSSR count). The van der Waals surface area contributed by atoms with Crippen LogP contribution in [0.25, 0.3) is 5.82 Å². The maximum absolute atomic E-state index is 5.44. The summed E-state index contributed by atoms with van der Waals surface area (Å²) in [5.41, 5.74) is 5.44. The van der Waals surface area contributed by atoms with Crippen LogP contribution in [0.2, 0.25) is 0 Å². The molecular weight excluding hydrogens is 154 g/mol. The summed E-state index contributed by atoms with van der Waals surface area (Å²) >= 11 is 0. The summed E-state index contributed by atoms with van der Waals surface area (Å²) < 4.78 is 1.59. The van der Waals surface area contributed by atoms with E-state index in [0.717, 1.165) is 0 Å². The monoisotopic (exact) mass is 161 g/mol. The van der Waals surface area contributed by atoms with Crippen molar-refractivity contribution in [2.45, 2.75) is 0 Å². The van der Waals surface area contributed by atoms with Gasteiger partial charge < -0.3 is 5.73 Å². The summed E-state index contributed by atoms with van der Waals surface area (Å²) in [6, 6.07) is 3.47. The Bertz CT molecular complexity index is 366. The van der Waals surface area contributed by atoms with Crippen LogP contribution in [0, 0.1) is 0 Å². The molecule has 0 fully saturated rings. The Morgan fingerprint density at radius 1 is 1.33 bits per heavy atom. The van der Waals surface area contributed by atoms with Gasteiger partial charge in [0.1, 0.15) is 12.1 Å². The molecule has 0 saturated carbocycles. The number of nitrogen functional groups attached to an aromatic ring is 1. The van der Waals surface area contributed by atoms with Crippen molar-refractivity contribution in [1.82, 2.24) is 19.7 Å². The Morgan fingerprint density at radius 3 is 2.83 bits per heavy atom. The summed E-state index contributed by atoms with van der Waals surface area (Å²) in [5.74, 6) is 1.19. The summed E-state index contributed by atoms with van der Waals surface area (Å²) in [4.78, 5) is 7.79. The highest BCUT2D eigenvalue weighted by Crippen LogP contribution is 2.02. The number of nitrogens with zero attached hydrogens (tertiary/aromatic N) is 4. The van der Waals surface area contributed by atoms with E-state index >= 15 is 0 Å². The zero-order valence-electron chi connectivity index (χ0n) is 6.25. The average Bonchev–Trinajstić information content (AvgIpc) is 2.54. The molecule has 0 atom stereocenters. The van der Waals surface area contributed by atoms with E-state index in [2.05, 4.69) is 15.1 Å². The van der Waals surface area contributed by atoms with Crippen LogP contribution < -0.4 is 5.73 Å². The fraction of sp³-hybridized carbons (Fsp3) is 0. The van der Waals surface area contributed by atoms with E-state index in [1.54, 1.807) is 29.2 Å². The van der Waals surface area contributed by atoms with Gasteiger partial charge in [0.2, 0.25) is 0 Å². The van der Waals surface area contributed by atoms with E-state index in [-0.39, 0.29) is 0 Å². The molecule has 12 heavy (non-hydrogen) atoms. The zero-order valence-corrected chi connectivity index (χ0v) is 6.25. The molecule has 0 bridgehead atoms. The summed E-state index contributed by atoms with van der Waals surface area (Å²) in [5, 5.41) is 3.99. The Labute approximate surface area is 68.9 Å². The van der Waals surface area contributed by atoms with Crippen molar-refractivity contribution in [2.75, 3.05) is 5.73 Å². The molecule has 2 aromatic heterocycles. The second-order valence-corrected chi connectivity index (χ2v) is 2.25. The maximum atomic E-state index is 5.44. The van der Waals surface area contributed by atoms with Crippen molar-refractivity contribution >= 4 is 5.82 Å². The second-order valence-electron chi connectivity index (χ2n) is 2.25. The summed E-state index contributed by atoms with van der Waals surface area (Å²) in [6.45, 7) is 0. The molecule has 2 aromatic rings. The van der Waals surface area contributed by atoms with Gasteiger partial charge >= 0.3 is 0 Å². The molecule has 0 aliphatic rings. The first-order chi connectivity index (χ1) is 5.86. The van der Waals surface area contributed by atoms with Gasteiger partial charge in [-0.3, -0.25) is 0 Å². The molecule has 5 heteroatoms. The number of rotatable bonds is 1. The van der Waals surface area contributed by atoms with Gasteiger partial charge in [0.25, 0.3) is 0 Å². The quantitative estimate of drug-likeness (QED) is 0.650. The lowest BCUT2D eigenvalue weighted by Gasteiger charge is -1.96. The molecule has 0 radical (unpaired) electrons. The third kappa shape index (κ3) is 1.12. The van der Waals surface area contributed by atoms with Crippen LogP contribution in [-0.2, 0) is 0 Å². The molecule has 0 unspecified atom stereocenters. The van der Waals surface area contributed by atoms with Crippen molar-refractivity contribution in [3.8, 4) is 5.82 Å². The molecule has 60 valence electrons. The zero-order chi connectivity index (χ0) is 8.39. The second kappa shape index (κ2) is 2.61. The van der Waals surface area contributed by atoms with Crippen LogP contribution in [0.3, 0.4) is 0 Å². The van der Waals surface area contributed by atoms with E-state index in [0.29, 0.717) is 11.6 Å². The smallest absolute Gasteiger partial charge is 0.156 e. The standard InChI is InChI=1S/C7H7N5/c8-6-2-4-12(11-6)7-1-3-9-5-10-7/h1-5H,(H2,8,11). The van der Waals surface area contributed by atoms with Crippen molar-refractivity contribution in [3.05, 3.63) is 30.9 Å². The number of aromatic nitrogens is 4. The summed E-state index contributed by atoms with van der Waals surface area (Å²) in [7, 11) is 0. The molecule has 0 amide bonds. The third-order valence-electron chi connectivity index (χ3n) is 1.41. The van der Waals surface area contributed by atoms with Gasteiger partial charge in [0, 0.05) is 24.5 Å². The lowest BCUT2D eigenvalue weighted by atomic mass is 10.6. The first-order valence-corrected chi connectivity index (χ1v) is 3.44. The lowest BCUT2D eigenvalue weighted by molar-refractivity contribution is 0.844. The minimum Gasteiger partial charge on any atom is -0.382 e. The predicted molar refractivity (Wildman–Crippen MR) is 43.6 cm³/mol. The van der Waals surface area contributed by atoms with Crippen LogP contribution in [0.4, 0.5) is 5.82 Å². The van der Waals surface area contributed by atoms with Crippen LogP contribution in [0.5, 0.6) is 0 Å². The Hall–Kier alpha value is -1.91. The van der Waals surface area contributed by atoms with Gasteiger partial charge in [-0.25, -0.2) is 14.6 Å². The van der Waals surface area contributed by atoms with Gasteiger partial charge in [-0.2, -0.15) is 0 Å². The Morgan fingerprint density at radius 2 is 2.25 bits per heavy atom. The van der Waals surface area contributed by atoms with Gasteiger partial charge in [-0.15, -0.1) is 5.10 Å². The topological polar surface area (TPSA) is 69.6 Å². The molecule has 0 aliphatic carbocycles. The number of hydrogen-bond donors (Lipinski definition) is 1. The maximum Gasteiger partial charge on any atom is 0.156 e. The normalized spacial score (nSPS) is 10.0. The van der Waals surface area contributed by atoms with E-state index in [9.17, 15) is 0 Å². The van der Waals surface area contributed by atoms with Gasteiger partial charge in [0.15, 0.2) is 5.82 Å². The largest absolute Gasteiger partial charge is 0.382 e. The average molecular weight is 161 g/mol. The Balaban J connectivity index is 2.45. The number of hydrogen-bond acceptors (Lipinski definition) is 4. The van der Waals surface area contributed by atoms with E-state index in [1.165, 1.54) is 6.33 Å². The minimum absolute atomic E-state index is 0.480. The Kier molecular flexibility index (Phi) is 1.48. The van der Waals surface area contributed by atoms with E-state index < -0.39 is 0 Å². The molecule has 0 saturated heterocycles.